The lowest BCUT2D eigenvalue weighted by atomic mass is 10.0. The van der Waals surface area contributed by atoms with E-state index in [1.807, 2.05) is 24.3 Å². The highest BCUT2D eigenvalue weighted by Crippen LogP contribution is 2.30. The number of alkyl halides is 3. The molecule has 5 nitrogen and oxygen atoms in total. The van der Waals surface area contributed by atoms with Crippen molar-refractivity contribution in [3.05, 3.63) is 101 Å². The van der Waals surface area contributed by atoms with Crippen molar-refractivity contribution in [1.82, 2.24) is 4.98 Å². The number of benzene rings is 3. The fraction of sp³-hybridized carbons (Fsp3) is 0.0800. The summed E-state index contributed by atoms with van der Waals surface area (Å²) >= 11 is 0. The number of nitrogens with zero attached hydrogens (tertiary/aromatic N) is 1. The van der Waals surface area contributed by atoms with Gasteiger partial charge in [-0.2, -0.15) is 13.2 Å². The molecule has 8 heteroatoms. The Morgan fingerprint density at radius 2 is 1.58 bits per heavy atom. The summed E-state index contributed by atoms with van der Waals surface area (Å²) in [6.45, 7) is 1.72. The Morgan fingerprint density at radius 1 is 0.818 bits per heavy atom. The van der Waals surface area contributed by atoms with Gasteiger partial charge >= 0.3 is 6.18 Å². The van der Waals surface area contributed by atoms with Crippen LogP contribution in [-0.2, 0) is 6.18 Å². The second kappa shape index (κ2) is 8.74. The molecular formula is C25H18F3N3O2. The maximum absolute atomic E-state index is 12.9. The quantitative estimate of drug-likeness (QED) is 0.397. The SMILES string of the molecule is Cc1ccc(C(=O)Nc2cccc(C(F)(F)F)c2)cc1C(=O)Nc1cnc2ccccc2c1. The highest BCUT2D eigenvalue weighted by molar-refractivity contribution is 6.09. The normalized spacial score (nSPS) is 11.3. The van der Waals surface area contributed by atoms with Crippen molar-refractivity contribution in [3.8, 4) is 0 Å². The average Bonchev–Trinajstić information content (AvgIpc) is 2.79. The van der Waals surface area contributed by atoms with Gasteiger partial charge in [0.05, 0.1) is 23.0 Å². The molecule has 3 aromatic carbocycles. The van der Waals surface area contributed by atoms with Crippen LogP contribution in [-0.4, -0.2) is 16.8 Å². The number of hydrogen-bond acceptors (Lipinski definition) is 3. The molecule has 0 unspecified atom stereocenters. The first-order valence-corrected chi connectivity index (χ1v) is 9.96. The van der Waals surface area contributed by atoms with Gasteiger partial charge in [0.15, 0.2) is 0 Å². The topological polar surface area (TPSA) is 71.1 Å². The van der Waals surface area contributed by atoms with Gasteiger partial charge in [-0.05, 0) is 55.0 Å². The largest absolute Gasteiger partial charge is 0.416 e. The third-order valence-corrected chi connectivity index (χ3v) is 5.04. The molecule has 166 valence electrons. The zero-order valence-corrected chi connectivity index (χ0v) is 17.4. The number of aryl methyl sites for hydroxylation is 1. The Hall–Kier alpha value is -4.20. The van der Waals surface area contributed by atoms with Gasteiger partial charge in [0.25, 0.3) is 11.8 Å². The minimum atomic E-state index is -4.52. The highest BCUT2D eigenvalue weighted by atomic mass is 19.4. The van der Waals surface area contributed by atoms with Crippen molar-refractivity contribution < 1.29 is 22.8 Å². The van der Waals surface area contributed by atoms with E-state index in [4.69, 9.17) is 0 Å². The number of fused-ring (bicyclic) bond motifs is 1. The van der Waals surface area contributed by atoms with Crippen LogP contribution < -0.4 is 10.6 Å². The van der Waals surface area contributed by atoms with Crippen LogP contribution in [0.4, 0.5) is 24.5 Å². The van der Waals surface area contributed by atoms with Crippen molar-refractivity contribution in [2.45, 2.75) is 13.1 Å². The number of hydrogen-bond donors (Lipinski definition) is 2. The van der Waals surface area contributed by atoms with E-state index in [2.05, 4.69) is 15.6 Å². The molecule has 0 fully saturated rings. The van der Waals surface area contributed by atoms with E-state index in [9.17, 15) is 22.8 Å². The molecule has 1 heterocycles. The predicted octanol–water partition coefficient (Wildman–Crippen LogP) is 6.07. The summed E-state index contributed by atoms with van der Waals surface area (Å²) in [5.41, 5.74) is 1.46. The zero-order valence-electron chi connectivity index (χ0n) is 17.4. The van der Waals surface area contributed by atoms with Gasteiger partial charge in [0.2, 0.25) is 0 Å². The summed E-state index contributed by atoms with van der Waals surface area (Å²) < 4.78 is 38.8. The molecule has 0 bridgehead atoms. The number of para-hydroxylation sites is 1. The molecule has 0 atom stereocenters. The van der Waals surface area contributed by atoms with Crippen molar-refractivity contribution in [2.24, 2.45) is 0 Å². The monoisotopic (exact) mass is 449 g/mol. The fourth-order valence-corrected chi connectivity index (χ4v) is 3.32. The Balaban J connectivity index is 1.54. The first kappa shape index (κ1) is 22.0. The maximum atomic E-state index is 12.9. The minimum Gasteiger partial charge on any atom is -0.322 e. The Kier molecular flexibility index (Phi) is 5.83. The van der Waals surface area contributed by atoms with E-state index in [0.29, 0.717) is 11.3 Å². The third kappa shape index (κ3) is 5.01. The molecule has 0 saturated carbocycles. The smallest absolute Gasteiger partial charge is 0.322 e. The number of pyridine rings is 1. The second-order valence-electron chi connectivity index (χ2n) is 7.43. The molecule has 0 aliphatic rings. The van der Waals surface area contributed by atoms with Crippen LogP contribution in [0.2, 0.25) is 0 Å². The highest BCUT2D eigenvalue weighted by Gasteiger charge is 2.30. The summed E-state index contributed by atoms with van der Waals surface area (Å²) in [6, 6.07) is 18.1. The van der Waals surface area contributed by atoms with Crippen molar-refractivity contribution >= 4 is 34.1 Å². The van der Waals surface area contributed by atoms with Crippen LogP contribution in [0.15, 0.2) is 79.0 Å². The molecule has 4 aromatic rings. The molecule has 0 aliphatic heterocycles. The molecular weight excluding hydrogens is 431 g/mol. The van der Waals surface area contributed by atoms with Gasteiger partial charge in [-0.25, -0.2) is 0 Å². The number of amides is 2. The number of halogens is 3. The van der Waals surface area contributed by atoms with Crippen LogP contribution in [0.5, 0.6) is 0 Å². The summed E-state index contributed by atoms with van der Waals surface area (Å²) in [6.07, 6.45) is -2.98. The van der Waals surface area contributed by atoms with Crippen molar-refractivity contribution in [1.29, 1.82) is 0 Å². The summed E-state index contributed by atoms with van der Waals surface area (Å²) in [4.78, 5) is 29.8. The molecule has 0 spiro atoms. The lowest BCUT2D eigenvalue weighted by Gasteiger charge is -2.12. The Morgan fingerprint density at radius 3 is 2.36 bits per heavy atom. The van der Waals surface area contributed by atoms with Crippen LogP contribution >= 0.6 is 0 Å². The summed E-state index contributed by atoms with van der Waals surface area (Å²) in [5, 5.41) is 6.08. The van der Waals surface area contributed by atoms with E-state index in [-0.39, 0.29) is 16.8 Å². The van der Waals surface area contributed by atoms with Crippen LogP contribution in [0, 0.1) is 6.92 Å². The number of nitrogens with one attached hydrogen (secondary N) is 2. The van der Waals surface area contributed by atoms with Crippen molar-refractivity contribution in [3.63, 3.8) is 0 Å². The number of aromatic nitrogens is 1. The Labute approximate surface area is 187 Å². The number of anilines is 2. The lowest BCUT2D eigenvalue weighted by Crippen LogP contribution is -2.17. The van der Waals surface area contributed by atoms with Crippen molar-refractivity contribution in [2.75, 3.05) is 10.6 Å². The van der Waals surface area contributed by atoms with Gasteiger partial charge in [-0.15, -0.1) is 0 Å². The van der Waals surface area contributed by atoms with Gasteiger partial charge in [0.1, 0.15) is 0 Å². The van der Waals surface area contributed by atoms with E-state index in [1.54, 1.807) is 25.3 Å². The molecule has 33 heavy (non-hydrogen) atoms. The average molecular weight is 449 g/mol. The van der Waals surface area contributed by atoms with Crippen LogP contribution in [0.3, 0.4) is 0 Å². The number of carbonyl (C=O) groups is 2. The van der Waals surface area contributed by atoms with Crippen LogP contribution in [0.25, 0.3) is 10.9 Å². The van der Waals surface area contributed by atoms with E-state index in [0.717, 1.165) is 23.0 Å². The molecule has 0 saturated heterocycles. The molecule has 0 aliphatic carbocycles. The molecule has 1 aromatic heterocycles. The fourth-order valence-electron chi connectivity index (χ4n) is 3.32. The van der Waals surface area contributed by atoms with Gasteiger partial charge in [-0.1, -0.05) is 30.3 Å². The minimum absolute atomic E-state index is 0.00337. The molecule has 2 amide bonds. The van der Waals surface area contributed by atoms with Gasteiger partial charge in [-0.3, -0.25) is 14.6 Å². The standard InChI is InChI=1S/C25H18F3N3O2/c1-15-9-10-17(23(32)30-19-7-4-6-18(13-19)25(26,27)28)12-21(15)24(33)31-20-11-16-5-2-3-8-22(16)29-14-20/h2-14H,1H3,(H,30,32)(H,31,33). The first-order valence-electron chi connectivity index (χ1n) is 9.96. The van der Waals surface area contributed by atoms with Gasteiger partial charge < -0.3 is 10.6 Å². The predicted molar refractivity (Wildman–Crippen MR) is 120 cm³/mol. The first-order chi connectivity index (χ1) is 15.7. The van der Waals surface area contributed by atoms with E-state index in [1.165, 1.54) is 24.3 Å². The van der Waals surface area contributed by atoms with E-state index >= 15 is 0 Å². The molecule has 2 N–H and O–H groups in total. The summed E-state index contributed by atoms with van der Waals surface area (Å²) in [7, 11) is 0. The Bertz CT molecular complexity index is 1370. The van der Waals surface area contributed by atoms with Gasteiger partial charge in [0, 0.05) is 22.2 Å². The number of rotatable bonds is 4. The van der Waals surface area contributed by atoms with E-state index < -0.39 is 23.6 Å². The summed E-state index contributed by atoms with van der Waals surface area (Å²) in [5.74, 6) is -1.06. The third-order valence-electron chi connectivity index (χ3n) is 5.04. The molecule has 4 rings (SSSR count). The number of carbonyl (C=O) groups excluding carboxylic acids is 2. The zero-order chi connectivity index (χ0) is 23.6. The maximum Gasteiger partial charge on any atom is 0.416 e. The lowest BCUT2D eigenvalue weighted by molar-refractivity contribution is -0.137. The van der Waals surface area contributed by atoms with Crippen LogP contribution in [0.1, 0.15) is 31.8 Å². The second-order valence-corrected chi connectivity index (χ2v) is 7.43. The molecule has 0 radical (unpaired) electrons.